The van der Waals surface area contributed by atoms with E-state index < -0.39 is 0 Å². The van der Waals surface area contributed by atoms with E-state index >= 15 is 0 Å². The molecule has 3 nitrogen and oxygen atoms in total. The van der Waals surface area contributed by atoms with Crippen LogP contribution in [0.2, 0.25) is 0 Å². The molecule has 1 aliphatic rings. The summed E-state index contributed by atoms with van der Waals surface area (Å²) in [5.74, 6) is 1.55. The molecule has 3 rings (SSSR count). The number of rotatable bonds is 8. The minimum Gasteiger partial charge on any atom is -0.493 e. The zero-order valence-electron chi connectivity index (χ0n) is 14.6. The van der Waals surface area contributed by atoms with Crippen LogP contribution in [-0.2, 0) is 11.2 Å². The zero-order chi connectivity index (χ0) is 17.3. The SMILES string of the molecule is ClCCc1c(OCCCN2CCOCC2)cccc1-c1ccccc1. The van der Waals surface area contributed by atoms with Crippen molar-refractivity contribution in [3.8, 4) is 16.9 Å². The molecule has 25 heavy (non-hydrogen) atoms. The van der Waals surface area contributed by atoms with Gasteiger partial charge in [0.15, 0.2) is 0 Å². The van der Waals surface area contributed by atoms with E-state index in [0.717, 1.165) is 58.0 Å². The van der Waals surface area contributed by atoms with Crippen LogP contribution in [0.4, 0.5) is 0 Å². The first-order chi connectivity index (χ1) is 12.4. The molecule has 4 heteroatoms. The van der Waals surface area contributed by atoms with E-state index in [9.17, 15) is 0 Å². The summed E-state index contributed by atoms with van der Waals surface area (Å²) >= 11 is 6.06. The fraction of sp³-hybridized carbons (Fsp3) is 0.429. The smallest absolute Gasteiger partial charge is 0.123 e. The van der Waals surface area contributed by atoms with Crippen molar-refractivity contribution in [2.24, 2.45) is 0 Å². The number of hydrogen-bond acceptors (Lipinski definition) is 3. The summed E-state index contributed by atoms with van der Waals surface area (Å²) in [6.45, 7) is 5.54. The van der Waals surface area contributed by atoms with Gasteiger partial charge in [-0.05, 0) is 30.0 Å². The largest absolute Gasteiger partial charge is 0.493 e. The van der Waals surface area contributed by atoms with Gasteiger partial charge in [-0.2, -0.15) is 0 Å². The first kappa shape index (κ1) is 18.2. The van der Waals surface area contributed by atoms with Gasteiger partial charge in [0.05, 0.1) is 19.8 Å². The molecule has 0 unspecified atom stereocenters. The second-order valence-electron chi connectivity index (χ2n) is 6.24. The topological polar surface area (TPSA) is 21.7 Å². The summed E-state index contributed by atoms with van der Waals surface area (Å²) in [6.07, 6.45) is 1.83. The molecule has 0 aromatic heterocycles. The molecular weight excluding hydrogens is 334 g/mol. The number of nitrogens with zero attached hydrogens (tertiary/aromatic N) is 1. The van der Waals surface area contributed by atoms with Crippen LogP contribution in [0.25, 0.3) is 11.1 Å². The number of benzene rings is 2. The zero-order valence-corrected chi connectivity index (χ0v) is 15.4. The van der Waals surface area contributed by atoms with Gasteiger partial charge in [0.25, 0.3) is 0 Å². The van der Waals surface area contributed by atoms with E-state index in [0.29, 0.717) is 5.88 Å². The monoisotopic (exact) mass is 359 g/mol. The van der Waals surface area contributed by atoms with Gasteiger partial charge < -0.3 is 9.47 Å². The Hall–Kier alpha value is -1.55. The normalized spacial score (nSPS) is 15.2. The van der Waals surface area contributed by atoms with Gasteiger partial charge in [-0.15, -0.1) is 11.6 Å². The van der Waals surface area contributed by atoms with Crippen LogP contribution in [-0.4, -0.2) is 50.2 Å². The summed E-state index contributed by atoms with van der Waals surface area (Å²) in [6, 6.07) is 16.7. The van der Waals surface area contributed by atoms with Gasteiger partial charge in [-0.3, -0.25) is 4.90 Å². The first-order valence-corrected chi connectivity index (χ1v) is 9.58. The van der Waals surface area contributed by atoms with Crippen LogP contribution in [0.15, 0.2) is 48.5 Å². The van der Waals surface area contributed by atoms with Gasteiger partial charge in [0, 0.05) is 31.1 Å². The van der Waals surface area contributed by atoms with Crippen LogP contribution in [0.3, 0.4) is 0 Å². The van der Waals surface area contributed by atoms with Crippen molar-refractivity contribution in [1.29, 1.82) is 0 Å². The number of morpholine rings is 1. The first-order valence-electron chi connectivity index (χ1n) is 9.04. The van der Waals surface area contributed by atoms with Crippen LogP contribution in [0, 0.1) is 0 Å². The van der Waals surface area contributed by atoms with Crippen molar-refractivity contribution in [1.82, 2.24) is 4.90 Å². The second kappa shape index (κ2) is 9.81. The van der Waals surface area contributed by atoms with E-state index in [4.69, 9.17) is 21.1 Å². The Morgan fingerprint density at radius 3 is 2.56 bits per heavy atom. The van der Waals surface area contributed by atoms with E-state index in [1.54, 1.807) is 0 Å². The fourth-order valence-corrected chi connectivity index (χ4v) is 3.43. The molecule has 0 radical (unpaired) electrons. The molecule has 0 amide bonds. The Kier molecular flexibility index (Phi) is 7.16. The lowest BCUT2D eigenvalue weighted by molar-refractivity contribution is 0.0358. The average Bonchev–Trinajstić information content (AvgIpc) is 2.68. The van der Waals surface area contributed by atoms with Gasteiger partial charge in [-0.25, -0.2) is 0 Å². The Balaban J connectivity index is 1.64. The van der Waals surface area contributed by atoms with Crippen LogP contribution >= 0.6 is 11.6 Å². The Labute approximate surface area is 155 Å². The van der Waals surface area contributed by atoms with Gasteiger partial charge in [-0.1, -0.05) is 42.5 Å². The van der Waals surface area contributed by atoms with Crippen LogP contribution in [0.5, 0.6) is 5.75 Å². The van der Waals surface area contributed by atoms with Crippen molar-refractivity contribution in [2.75, 3.05) is 45.3 Å². The van der Waals surface area contributed by atoms with Crippen LogP contribution in [0.1, 0.15) is 12.0 Å². The van der Waals surface area contributed by atoms with Crippen molar-refractivity contribution in [3.05, 3.63) is 54.1 Å². The van der Waals surface area contributed by atoms with Gasteiger partial charge >= 0.3 is 0 Å². The highest BCUT2D eigenvalue weighted by Crippen LogP contribution is 2.31. The van der Waals surface area contributed by atoms with E-state index in [1.807, 2.05) is 6.07 Å². The standard InChI is InChI=1S/C21H26ClNO2/c22-11-10-20-19(18-6-2-1-3-7-18)8-4-9-21(20)25-15-5-12-23-13-16-24-17-14-23/h1-4,6-9H,5,10-17H2. The quantitative estimate of drug-likeness (QED) is 0.520. The number of ether oxygens (including phenoxy) is 2. The molecule has 1 heterocycles. The summed E-state index contributed by atoms with van der Waals surface area (Å²) in [5.41, 5.74) is 3.63. The third kappa shape index (κ3) is 5.21. The summed E-state index contributed by atoms with van der Waals surface area (Å²) in [7, 11) is 0. The molecule has 2 aromatic rings. The molecule has 0 spiro atoms. The minimum absolute atomic E-state index is 0.591. The third-order valence-electron chi connectivity index (χ3n) is 4.54. The van der Waals surface area contributed by atoms with Gasteiger partial charge in [0.2, 0.25) is 0 Å². The molecule has 134 valence electrons. The molecule has 2 aromatic carbocycles. The highest BCUT2D eigenvalue weighted by Gasteiger charge is 2.12. The number of hydrogen-bond donors (Lipinski definition) is 0. The molecule has 0 bridgehead atoms. The average molecular weight is 360 g/mol. The molecule has 1 fully saturated rings. The highest BCUT2D eigenvalue weighted by atomic mass is 35.5. The second-order valence-corrected chi connectivity index (χ2v) is 6.62. The lowest BCUT2D eigenvalue weighted by Gasteiger charge is -2.26. The molecule has 0 atom stereocenters. The Morgan fingerprint density at radius 1 is 1.00 bits per heavy atom. The van der Waals surface area contributed by atoms with Crippen LogP contribution < -0.4 is 4.74 Å². The molecule has 0 saturated carbocycles. The Bertz CT molecular complexity index is 642. The molecular formula is C21H26ClNO2. The minimum atomic E-state index is 0.591. The fourth-order valence-electron chi connectivity index (χ4n) is 3.24. The van der Waals surface area contributed by atoms with E-state index in [-0.39, 0.29) is 0 Å². The maximum atomic E-state index is 6.13. The molecule has 0 aliphatic carbocycles. The predicted molar refractivity (Wildman–Crippen MR) is 104 cm³/mol. The summed E-state index contributed by atoms with van der Waals surface area (Å²) < 4.78 is 11.5. The maximum Gasteiger partial charge on any atom is 0.123 e. The lowest BCUT2D eigenvalue weighted by Crippen LogP contribution is -2.37. The molecule has 0 N–H and O–H groups in total. The maximum absolute atomic E-state index is 6.13. The Morgan fingerprint density at radius 2 is 1.80 bits per heavy atom. The lowest BCUT2D eigenvalue weighted by atomic mass is 9.97. The number of halogens is 1. The van der Waals surface area contributed by atoms with Crippen molar-refractivity contribution in [2.45, 2.75) is 12.8 Å². The number of alkyl halides is 1. The van der Waals surface area contributed by atoms with Gasteiger partial charge in [0.1, 0.15) is 5.75 Å². The summed E-state index contributed by atoms with van der Waals surface area (Å²) in [5, 5.41) is 0. The summed E-state index contributed by atoms with van der Waals surface area (Å²) in [4.78, 5) is 2.44. The van der Waals surface area contributed by atoms with Crippen molar-refractivity contribution in [3.63, 3.8) is 0 Å². The van der Waals surface area contributed by atoms with E-state index in [1.165, 1.54) is 16.7 Å². The molecule has 1 aliphatic heterocycles. The van der Waals surface area contributed by atoms with Crippen molar-refractivity contribution < 1.29 is 9.47 Å². The third-order valence-corrected chi connectivity index (χ3v) is 4.73. The highest BCUT2D eigenvalue weighted by molar-refractivity contribution is 6.18. The van der Waals surface area contributed by atoms with Crippen molar-refractivity contribution >= 4 is 11.6 Å². The molecule has 1 saturated heterocycles. The van der Waals surface area contributed by atoms with E-state index in [2.05, 4.69) is 47.4 Å². The predicted octanol–water partition coefficient (Wildman–Crippen LogP) is 4.24.